The van der Waals surface area contributed by atoms with E-state index in [2.05, 4.69) is 0 Å². The molecule has 2 aromatic rings. The first-order valence-electron chi connectivity index (χ1n) is 10.1. The van der Waals surface area contributed by atoms with Crippen molar-refractivity contribution in [3.8, 4) is 0 Å². The average molecular weight is 378 g/mol. The van der Waals surface area contributed by atoms with E-state index < -0.39 is 0 Å². The summed E-state index contributed by atoms with van der Waals surface area (Å²) in [5, 5.41) is 0. The molecule has 2 aromatic carbocycles. The maximum absolute atomic E-state index is 14.8. The van der Waals surface area contributed by atoms with Gasteiger partial charge in [-0.15, -0.1) is 0 Å². The standard InChI is InChI=1S/C23H23FN2O2/c24-18-8-4-9-19-21(18)23(11-1-2-12-23)15-26(19)22(28)16-6-3-7-17(14-16)25-13-5-10-20(25)27/h3-4,6-9,14H,1-2,5,10-13,15H2. The number of halogens is 1. The van der Waals surface area contributed by atoms with Gasteiger partial charge in [-0.2, -0.15) is 0 Å². The first kappa shape index (κ1) is 17.4. The molecule has 3 aliphatic rings. The highest BCUT2D eigenvalue weighted by Gasteiger charge is 2.48. The molecule has 2 heterocycles. The van der Waals surface area contributed by atoms with Crippen LogP contribution in [0.2, 0.25) is 0 Å². The molecule has 2 fully saturated rings. The van der Waals surface area contributed by atoms with Crippen molar-refractivity contribution >= 4 is 23.2 Å². The van der Waals surface area contributed by atoms with Crippen molar-refractivity contribution in [1.29, 1.82) is 0 Å². The Labute approximate surface area is 163 Å². The highest BCUT2D eigenvalue weighted by Crippen LogP contribution is 2.51. The van der Waals surface area contributed by atoms with Gasteiger partial charge in [-0.05, 0) is 49.6 Å². The van der Waals surface area contributed by atoms with E-state index in [1.165, 1.54) is 6.07 Å². The van der Waals surface area contributed by atoms with Crippen LogP contribution in [0.5, 0.6) is 0 Å². The SMILES string of the molecule is O=C1CCCN1c1cccc(C(=O)N2CC3(CCCC3)c3c(F)cccc32)c1. The van der Waals surface area contributed by atoms with E-state index in [4.69, 9.17) is 0 Å². The van der Waals surface area contributed by atoms with E-state index in [1.807, 2.05) is 18.2 Å². The molecule has 5 rings (SSSR count). The largest absolute Gasteiger partial charge is 0.312 e. The molecule has 1 aliphatic carbocycles. The van der Waals surface area contributed by atoms with Crippen LogP contribution in [-0.2, 0) is 10.2 Å². The van der Waals surface area contributed by atoms with Crippen LogP contribution < -0.4 is 9.80 Å². The number of carbonyl (C=O) groups excluding carboxylic acids is 2. The number of anilines is 2. The third kappa shape index (κ3) is 2.56. The predicted molar refractivity (Wildman–Crippen MR) is 106 cm³/mol. The third-order valence-corrected chi connectivity index (χ3v) is 6.56. The normalized spacial score (nSPS) is 20.2. The van der Waals surface area contributed by atoms with Gasteiger partial charge in [0.1, 0.15) is 5.82 Å². The van der Waals surface area contributed by atoms with Gasteiger partial charge in [-0.25, -0.2) is 4.39 Å². The number of hydrogen-bond donors (Lipinski definition) is 0. The van der Waals surface area contributed by atoms with Crippen LogP contribution >= 0.6 is 0 Å². The van der Waals surface area contributed by atoms with Gasteiger partial charge < -0.3 is 9.80 Å². The summed E-state index contributed by atoms with van der Waals surface area (Å²) in [5.74, 6) is -0.224. The minimum Gasteiger partial charge on any atom is -0.312 e. The Balaban J connectivity index is 1.52. The lowest BCUT2D eigenvalue weighted by Gasteiger charge is -2.25. The number of nitrogens with zero attached hydrogens (tertiary/aromatic N) is 2. The predicted octanol–water partition coefficient (Wildman–Crippen LogP) is 4.42. The van der Waals surface area contributed by atoms with Gasteiger partial charge in [0.2, 0.25) is 5.91 Å². The highest BCUT2D eigenvalue weighted by molar-refractivity contribution is 6.08. The van der Waals surface area contributed by atoms with Crippen molar-refractivity contribution in [1.82, 2.24) is 0 Å². The Bertz CT molecular complexity index is 965. The lowest BCUT2D eigenvalue weighted by Crippen LogP contribution is -2.35. The lowest BCUT2D eigenvalue weighted by molar-refractivity contribution is -0.117. The zero-order chi connectivity index (χ0) is 19.3. The molecule has 0 N–H and O–H groups in total. The van der Waals surface area contributed by atoms with Crippen molar-refractivity contribution in [2.24, 2.45) is 0 Å². The second kappa shape index (κ2) is 6.43. The number of amides is 2. The van der Waals surface area contributed by atoms with Crippen LogP contribution in [0.25, 0.3) is 0 Å². The van der Waals surface area contributed by atoms with Gasteiger partial charge in [0.05, 0.1) is 5.69 Å². The van der Waals surface area contributed by atoms with Crippen LogP contribution in [0.3, 0.4) is 0 Å². The van der Waals surface area contributed by atoms with E-state index in [1.54, 1.807) is 28.0 Å². The molecular formula is C23H23FN2O2. The molecule has 0 atom stereocenters. The number of rotatable bonds is 2. The van der Waals surface area contributed by atoms with Crippen molar-refractivity contribution in [3.05, 3.63) is 59.4 Å². The molecule has 0 radical (unpaired) electrons. The number of fused-ring (bicyclic) bond motifs is 2. The molecule has 2 amide bonds. The summed E-state index contributed by atoms with van der Waals surface area (Å²) in [7, 11) is 0. The number of hydrogen-bond acceptors (Lipinski definition) is 2. The fourth-order valence-corrected chi connectivity index (χ4v) is 5.25. The lowest BCUT2D eigenvalue weighted by atomic mass is 9.80. The van der Waals surface area contributed by atoms with Gasteiger partial charge in [0, 0.05) is 41.7 Å². The highest BCUT2D eigenvalue weighted by atomic mass is 19.1. The van der Waals surface area contributed by atoms with Crippen LogP contribution in [0.4, 0.5) is 15.8 Å². The summed E-state index contributed by atoms with van der Waals surface area (Å²) in [6, 6.07) is 12.3. The quantitative estimate of drug-likeness (QED) is 0.776. The number of benzene rings is 2. The Morgan fingerprint density at radius 3 is 2.57 bits per heavy atom. The topological polar surface area (TPSA) is 40.6 Å². The van der Waals surface area contributed by atoms with E-state index in [0.29, 0.717) is 36.3 Å². The molecule has 1 spiro atoms. The Hall–Kier alpha value is -2.69. The molecule has 2 aliphatic heterocycles. The molecule has 0 unspecified atom stereocenters. The fourth-order valence-electron chi connectivity index (χ4n) is 5.25. The average Bonchev–Trinajstić information content (AvgIpc) is 3.42. The zero-order valence-corrected chi connectivity index (χ0v) is 15.8. The van der Waals surface area contributed by atoms with Crippen LogP contribution in [-0.4, -0.2) is 24.9 Å². The van der Waals surface area contributed by atoms with Gasteiger partial charge in [0.25, 0.3) is 5.91 Å². The van der Waals surface area contributed by atoms with Gasteiger partial charge in [-0.3, -0.25) is 9.59 Å². The molecule has 0 bridgehead atoms. The van der Waals surface area contributed by atoms with Crippen molar-refractivity contribution in [2.75, 3.05) is 22.9 Å². The monoisotopic (exact) mass is 378 g/mol. The van der Waals surface area contributed by atoms with Crippen molar-refractivity contribution < 1.29 is 14.0 Å². The molecule has 0 aromatic heterocycles. The van der Waals surface area contributed by atoms with Gasteiger partial charge in [0.15, 0.2) is 0 Å². The summed E-state index contributed by atoms with van der Waals surface area (Å²) >= 11 is 0. The maximum Gasteiger partial charge on any atom is 0.258 e. The Morgan fingerprint density at radius 1 is 1.04 bits per heavy atom. The van der Waals surface area contributed by atoms with Crippen molar-refractivity contribution in [3.63, 3.8) is 0 Å². The second-order valence-corrected chi connectivity index (χ2v) is 8.21. The molecule has 28 heavy (non-hydrogen) atoms. The minimum atomic E-state index is -0.251. The first-order valence-corrected chi connectivity index (χ1v) is 10.1. The van der Waals surface area contributed by atoms with Crippen LogP contribution in [0.1, 0.15) is 54.4 Å². The molecule has 144 valence electrons. The zero-order valence-electron chi connectivity index (χ0n) is 15.8. The third-order valence-electron chi connectivity index (χ3n) is 6.56. The molecular weight excluding hydrogens is 355 g/mol. The number of carbonyl (C=O) groups is 2. The molecule has 1 saturated carbocycles. The minimum absolute atomic E-state index is 0.100. The Morgan fingerprint density at radius 2 is 1.82 bits per heavy atom. The smallest absolute Gasteiger partial charge is 0.258 e. The van der Waals surface area contributed by atoms with Crippen LogP contribution in [0, 0.1) is 5.82 Å². The van der Waals surface area contributed by atoms with Crippen molar-refractivity contribution in [2.45, 2.75) is 43.9 Å². The maximum atomic E-state index is 14.8. The summed E-state index contributed by atoms with van der Waals surface area (Å²) in [6.07, 6.45) is 5.39. The second-order valence-electron chi connectivity index (χ2n) is 8.21. The van der Waals surface area contributed by atoms with E-state index in [-0.39, 0.29) is 23.0 Å². The molecule has 1 saturated heterocycles. The summed E-state index contributed by atoms with van der Waals surface area (Å²) in [6.45, 7) is 1.23. The fraction of sp³-hybridized carbons (Fsp3) is 0.391. The Kier molecular flexibility index (Phi) is 4.00. The van der Waals surface area contributed by atoms with Gasteiger partial charge >= 0.3 is 0 Å². The summed E-state index contributed by atoms with van der Waals surface area (Å²) < 4.78 is 14.8. The molecule has 4 nitrogen and oxygen atoms in total. The van der Waals surface area contributed by atoms with E-state index >= 15 is 0 Å². The van der Waals surface area contributed by atoms with Crippen LogP contribution in [0.15, 0.2) is 42.5 Å². The van der Waals surface area contributed by atoms with Gasteiger partial charge in [-0.1, -0.05) is 25.0 Å². The van der Waals surface area contributed by atoms with E-state index in [9.17, 15) is 14.0 Å². The first-order chi connectivity index (χ1) is 13.6. The summed E-state index contributed by atoms with van der Waals surface area (Å²) in [5.41, 5.74) is 2.48. The summed E-state index contributed by atoms with van der Waals surface area (Å²) in [4.78, 5) is 29.0. The van der Waals surface area contributed by atoms with E-state index in [0.717, 1.165) is 37.8 Å². The molecule has 5 heteroatoms.